The third-order valence-corrected chi connectivity index (χ3v) is 5.74. The van der Waals surface area contributed by atoms with Gasteiger partial charge in [0.15, 0.2) is 6.10 Å². The van der Waals surface area contributed by atoms with E-state index in [9.17, 15) is 4.79 Å². The minimum absolute atomic E-state index is 0.0625. The summed E-state index contributed by atoms with van der Waals surface area (Å²) in [5.74, 6) is 1.40. The summed E-state index contributed by atoms with van der Waals surface area (Å²) in [6, 6.07) is 16.4. The monoisotopic (exact) mass is 394 g/mol. The van der Waals surface area contributed by atoms with Gasteiger partial charge in [-0.25, -0.2) is 0 Å². The lowest BCUT2D eigenvalue weighted by Crippen LogP contribution is -2.39. The Morgan fingerprint density at radius 1 is 1.17 bits per heavy atom. The van der Waals surface area contributed by atoms with E-state index < -0.39 is 6.10 Å². The van der Waals surface area contributed by atoms with Crippen LogP contribution in [-0.4, -0.2) is 25.1 Å². The van der Waals surface area contributed by atoms with Crippen LogP contribution in [0.3, 0.4) is 0 Å². The zero-order valence-corrected chi connectivity index (χ0v) is 18.2. The number of hydrogen-bond donors (Lipinski definition) is 1. The first kappa shape index (κ1) is 21.2. The number of anilines is 1. The molecule has 1 amide bonds. The van der Waals surface area contributed by atoms with Crippen LogP contribution in [0.5, 0.6) is 5.75 Å². The van der Waals surface area contributed by atoms with Gasteiger partial charge in [0.1, 0.15) is 5.75 Å². The van der Waals surface area contributed by atoms with Gasteiger partial charge in [-0.05, 0) is 68.9 Å². The maximum atomic E-state index is 12.7. The molecular weight excluding hydrogens is 360 g/mol. The van der Waals surface area contributed by atoms with Crippen molar-refractivity contribution < 1.29 is 9.53 Å². The molecule has 0 radical (unpaired) electrons. The van der Waals surface area contributed by atoms with Gasteiger partial charge in [-0.15, -0.1) is 0 Å². The molecule has 0 aromatic heterocycles. The smallest absolute Gasteiger partial charge is 0.261 e. The Labute approximate surface area is 175 Å². The molecule has 1 saturated heterocycles. The van der Waals surface area contributed by atoms with Crippen LogP contribution in [-0.2, 0) is 4.79 Å². The minimum atomic E-state index is -0.491. The van der Waals surface area contributed by atoms with E-state index in [1.807, 2.05) is 45.0 Å². The summed E-state index contributed by atoms with van der Waals surface area (Å²) in [6.07, 6.45) is 2.71. The van der Waals surface area contributed by atoms with Crippen molar-refractivity contribution in [1.29, 1.82) is 0 Å². The highest BCUT2D eigenvalue weighted by Gasteiger charge is 2.21. The number of nitrogens with zero attached hydrogens (tertiary/aromatic N) is 1. The van der Waals surface area contributed by atoms with Gasteiger partial charge in [-0.1, -0.05) is 43.7 Å². The number of piperidine rings is 1. The summed E-state index contributed by atoms with van der Waals surface area (Å²) in [5.41, 5.74) is 3.55. The van der Waals surface area contributed by atoms with Crippen LogP contribution in [0.4, 0.5) is 5.69 Å². The Morgan fingerprint density at radius 2 is 1.86 bits per heavy atom. The molecular formula is C25H34N2O2. The predicted octanol–water partition coefficient (Wildman–Crippen LogP) is 5.27. The molecule has 156 valence electrons. The summed E-state index contributed by atoms with van der Waals surface area (Å²) in [4.78, 5) is 15.2. The number of amides is 1. The lowest BCUT2D eigenvalue weighted by Gasteiger charge is -2.33. The molecule has 2 aromatic carbocycles. The zero-order valence-electron chi connectivity index (χ0n) is 18.2. The van der Waals surface area contributed by atoms with Crippen LogP contribution < -0.4 is 15.0 Å². The highest BCUT2D eigenvalue weighted by atomic mass is 16.5. The molecule has 3 rings (SSSR count). The number of nitrogens with one attached hydrogen (secondary N) is 1. The van der Waals surface area contributed by atoms with E-state index in [0.29, 0.717) is 6.42 Å². The second-order valence-electron chi connectivity index (χ2n) is 8.34. The highest BCUT2D eigenvalue weighted by Crippen LogP contribution is 2.25. The summed E-state index contributed by atoms with van der Waals surface area (Å²) in [5, 5.41) is 3.11. The number of benzene rings is 2. The molecule has 1 fully saturated rings. The Bertz CT molecular complexity index is 785. The number of carbonyl (C=O) groups excluding carboxylic acids is 1. The van der Waals surface area contributed by atoms with Crippen LogP contribution in [0.1, 0.15) is 57.2 Å². The predicted molar refractivity (Wildman–Crippen MR) is 119 cm³/mol. The quantitative estimate of drug-likeness (QED) is 0.696. The van der Waals surface area contributed by atoms with E-state index in [2.05, 4.69) is 41.4 Å². The third kappa shape index (κ3) is 5.75. The molecule has 0 spiro atoms. The number of hydrogen-bond acceptors (Lipinski definition) is 3. The standard InChI is InChI=1S/C25H34N2O2/c1-5-24(29-23-14-8-18(2)9-15-23)25(28)26-20(4)21-10-12-22(13-11-21)27-16-6-7-19(3)17-27/h8-15,19-20,24H,5-7,16-17H2,1-4H3,(H,26,28). The molecule has 0 saturated carbocycles. The Kier molecular flexibility index (Phi) is 7.18. The third-order valence-electron chi connectivity index (χ3n) is 5.74. The van der Waals surface area contributed by atoms with E-state index in [4.69, 9.17) is 4.74 Å². The van der Waals surface area contributed by atoms with Gasteiger partial charge in [0.05, 0.1) is 6.04 Å². The fourth-order valence-electron chi connectivity index (χ4n) is 3.89. The first-order valence-electron chi connectivity index (χ1n) is 10.8. The van der Waals surface area contributed by atoms with Gasteiger partial charge in [0.25, 0.3) is 5.91 Å². The Hall–Kier alpha value is -2.49. The largest absolute Gasteiger partial charge is 0.481 e. The van der Waals surface area contributed by atoms with Gasteiger partial charge in [0.2, 0.25) is 0 Å². The molecule has 29 heavy (non-hydrogen) atoms. The summed E-state index contributed by atoms with van der Waals surface area (Å²) < 4.78 is 5.91. The second-order valence-corrected chi connectivity index (χ2v) is 8.34. The van der Waals surface area contributed by atoms with Gasteiger partial charge in [-0.3, -0.25) is 4.79 Å². The molecule has 3 unspecified atom stereocenters. The summed E-state index contributed by atoms with van der Waals surface area (Å²) >= 11 is 0. The SMILES string of the molecule is CCC(Oc1ccc(C)cc1)C(=O)NC(C)c1ccc(N2CCCC(C)C2)cc1. The Balaban J connectivity index is 1.58. The van der Waals surface area contributed by atoms with Crippen molar-refractivity contribution in [3.63, 3.8) is 0 Å². The maximum absolute atomic E-state index is 12.7. The van der Waals surface area contributed by atoms with Gasteiger partial charge in [-0.2, -0.15) is 0 Å². The number of rotatable bonds is 7. The van der Waals surface area contributed by atoms with E-state index in [0.717, 1.165) is 30.3 Å². The van der Waals surface area contributed by atoms with Crippen LogP contribution in [0, 0.1) is 12.8 Å². The molecule has 4 nitrogen and oxygen atoms in total. The molecule has 3 atom stereocenters. The average molecular weight is 395 g/mol. The van der Waals surface area contributed by atoms with Gasteiger partial charge >= 0.3 is 0 Å². The van der Waals surface area contributed by atoms with Crippen LogP contribution >= 0.6 is 0 Å². The molecule has 0 aliphatic carbocycles. The van der Waals surface area contributed by atoms with Crippen molar-refractivity contribution in [2.45, 2.75) is 59.1 Å². The van der Waals surface area contributed by atoms with Crippen molar-refractivity contribution >= 4 is 11.6 Å². The van der Waals surface area contributed by atoms with E-state index in [1.165, 1.54) is 24.1 Å². The summed E-state index contributed by atoms with van der Waals surface area (Å²) in [6.45, 7) is 10.6. The van der Waals surface area contributed by atoms with Gasteiger partial charge < -0.3 is 15.0 Å². The maximum Gasteiger partial charge on any atom is 0.261 e. The van der Waals surface area contributed by atoms with E-state index in [-0.39, 0.29) is 11.9 Å². The topological polar surface area (TPSA) is 41.6 Å². The first-order chi connectivity index (χ1) is 14.0. The second kappa shape index (κ2) is 9.82. The molecule has 4 heteroatoms. The van der Waals surface area contributed by atoms with E-state index in [1.54, 1.807) is 0 Å². The van der Waals surface area contributed by atoms with Crippen LogP contribution in [0.25, 0.3) is 0 Å². The first-order valence-corrected chi connectivity index (χ1v) is 10.8. The molecule has 1 heterocycles. The van der Waals surface area contributed by atoms with Crippen molar-refractivity contribution in [3.05, 3.63) is 59.7 Å². The fraction of sp³-hybridized carbons (Fsp3) is 0.480. The Morgan fingerprint density at radius 3 is 2.48 bits per heavy atom. The molecule has 1 aliphatic rings. The average Bonchev–Trinajstić information content (AvgIpc) is 2.73. The number of aryl methyl sites for hydroxylation is 1. The summed E-state index contributed by atoms with van der Waals surface area (Å²) in [7, 11) is 0. The minimum Gasteiger partial charge on any atom is -0.481 e. The van der Waals surface area contributed by atoms with Crippen molar-refractivity contribution in [2.75, 3.05) is 18.0 Å². The fourth-order valence-corrected chi connectivity index (χ4v) is 3.89. The molecule has 1 N–H and O–H groups in total. The molecule has 1 aliphatic heterocycles. The zero-order chi connectivity index (χ0) is 20.8. The molecule has 2 aromatic rings. The van der Waals surface area contributed by atoms with Crippen LogP contribution in [0.15, 0.2) is 48.5 Å². The lowest BCUT2D eigenvalue weighted by atomic mass is 9.99. The lowest BCUT2D eigenvalue weighted by molar-refractivity contribution is -0.128. The van der Waals surface area contributed by atoms with Crippen molar-refractivity contribution in [2.24, 2.45) is 5.92 Å². The normalized spacial score (nSPS) is 18.8. The highest BCUT2D eigenvalue weighted by molar-refractivity contribution is 5.81. The van der Waals surface area contributed by atoms with Crippen molar-refractivity contribution in [1.82, 2.24) is 5.32 Å². The van der Waals surface area contributed by atoms with Crippen LogP contribution in [0.2, 0.25) is 0 Å². The number of carbonyl (C=O) groups is 1. The van der Waals surface area contributed by atoms with Crippen molar-refractivity contribution in [3.8, 4) is 5.75 Å². The number of ether oxygens (including phenoxy) is 1. The molecule has 0 bridgehead atoms. The van der Waals surface area contributed by atoms with Gasteiger partial charge in [0, 0.05) is 18.8 Å². The van der Waals surface area contributed by atoms with E-state index >= 15 is 0 Å².